The van der Waals surface area contributed by atoms with Gasteiger partial charge in [0.05, 0.1) is 6.20 Å². The highest BCUT2D eigenvalue weighted by Crippen LogP contribution is 2.37. The lowest BCUT2D eigenvalue weighted by molar-refractivity contribution is -0.266. The minimum Gasteiger partial charge on any atom is -0.448 e. The van der Waals surface area contributed by atoms with Crippen LogP contribution in [0.2, 0.25) is 0 Å². The second-order valence-corrected chi connectivity index (χ2v) is 10.5. The SMILES string of the molecule is Cc1ccn2c(C(=O)Nc3cc(-c4noc(CC[C@@](C)(OC(=O)[C@@H](N)C(C)C)C(F)(F)F)n4)ccc3C)cnc2c1. The molecule has 41 heavy (non-hydrogen) atoms. The number of benzene rings is 1. The summed E-state index contributed by atoms with van der Waals surface area (Å²) >= 11 is 0. The van der Waals surface area contributed by atoms with Gasteiger partial charge in [-0.05, 0) is 56.0 Å². The molecule has 0 aliphatic carbocycles. The van der Waals surface area contributed by atoms with Gasteiger partial charge in [-0.3, -0.25) is 14.0 Å². The van der Waals surface area contributed by atoms with Gasteiger partial charge in [0.25, 0.3) is 5.91 Å². The van der Waals surface area contributed by atoms with Crippen molar-refractivity contribution in [1.29, 1.82) is 0 Å². The normalized spacial score (nSPS) is 14.2. The quantitative estimate of drug-likeness (QED) is 0.266. The summed E-state index contributed by atoms with van der Waals surface area (Å²) in [6.07, 6.45) is -2.57. The van der Waals surface area contributed by atoms with Crippen LogP contribution >= 0.6 is 0 Å². The van der Waals surface area contributed by atoms with E-state index in [2.05, 4.69) is 20.4 Å². The highest BCUT2D eigenvalue weighted by atomic mass is 19.4. The molecule has 0 spiro atoms. The number of rotatable bonds is 9. The Bertz CT molecular complexity index is 1580. The van der Waals surface area contributed by atoms with Gasteiger partial charge in [-0.2, -0.15) is 18.2 Å². The Balaban J connectivity index is 1.49. The number of alkyl halides is 3. The van der Waals surface area contributed by atoms with E-state index in [4.69, 9.17) is 15.0 Å². The van der Waals surface area contributed by atoms with Crippen molar-refractivity contribution in [1.82, 2.24) is 19.5 Å². The van der Waals surface area contributed by atoms with Crippen molar-refractivity contribution in [3.05, 3.63) is 65.4 Å². The predicted octanol–water partition coefficient (Wildman–Crippen LogP) is 5.03. The second kappa shape index (κ2) is 11.3. The average molecular weight is 573 g/mol. The average Bonchev–Trinajstić information content (AvgIpc) is 3.54. The fourth-order valence-electron chi connectivity index (χ4n) is 3.96. The number of aryl methyl sites for hydroxylation is 3. The van der Waals surface area contributed by atoms with E-state index in [1.165, 1.54) is 6.20 Å². The third-order valence-corrected chi connectivity index (χ3v) is 6.85. The Hall–Kier alpha value is -4.26. The summed E-state index contributed by atoms with van der Waals surface area (Å²) in [5.74, 6) is -1.88. The van der Waals surface area contributed by atoms with Gasteiger partial charge in [0.1, 0.15) is 17.4 Å². The van der Waals surface area contributed by atoms with E-state index in [9.17, 15) is 22.8 Å². The first-order valence-electron chi connectivity index (χ1n) is 12.9. The molecule has 0 aliphatic heterocycles. The van der Waals surface area contributed by atoms with Crippen molar-refractivity contribution in [2.75, 3.05) is 5.32 Å². The van der Waals surface area contributed by atoms with Gasteiger partial charge in [0.15, 0.2) is 0 Å². The summed E-state index contributed by atoms with van der Waals surface area (Å²) < 4.78 is 53.3. The van der Waals surface area contributed by atoms with Crippen molar-refractivity contribution in [2.45, 2.75) is 65.3 Å². The first-order chi connectivity index (χ1) is 19.2. The zero-order valence-corrected chi connectivity index (χ0v) is 23.2. The summed E-state index contributed by atoms with van der Waals surface area (Å²) in [4.78, 5) is 33.7. The van der Waals surface area contributed by atoms with E-state index < -0.39 is 36.1 Å². The number of nitrogens with zero attached hydrogens (tertiary/aromatic N) is 4. The number of hydrogen-bond donors (Lipinski definition) is 2. The topological polar surface area (TPSA) is 138 Å². The summed E-state index contributed by atoms with van der Waals surface area (Å²) in [5.41, 5.74) is 6.59. The Labute approximate surface area is 234 Å². The number of esters is 1. The van der Waals surface area contributed by atoms with Crippen LogP contribution in [0.4, 0.5) is 18.9 Å². The Morgan fingerprint density at radius 1 is 1.17 bits per heavy atom. The van der Waals surface area contributed by atoms with Gasteiger partial charge in [-0.1, -0.05) is 31.1 Å². The summed E-state index contributed by atoms with van der Waals surface area (Å²) in [5, 5.41) is 6.75. The minimum absolute atomic E-state index is 0.0770. The Morgan fingerprint density at radius 2 is 1.90 bits per heavy atom. The van der Waals surface area contributed by atoms with Crippen molar-refractivity contribution < 1.29 is 32.0 Å². The maximum Gasteiger partial charge on any atom is 0.428 e. The highest BCUT2D eigenvalue weighted by Gasteiger charge is 2.54. The van der Waals surface area contributed by atoms with Gasteiger partial charge in [-0.25, -0.2) is 4.98 Å². The molecule has 0 radical (unpaired) electrons. The number of nitrogens with two attached hydrogens (primary N) is 1. The van der Waals surface area contributed by atoms with Crippen LogP contribution < -0.4 is 11.1 Å². The lowest BCUT2D eigenvalue weighted by atomic mass is 9.98. The summed E-state index contributed by atoms with van der Waals surface area (Å²) in [6.45, 7) is 7.75. The van der Waals surface area contributed by atoms with Crippen molar-refractivity contribution in [3.63, 3.8) is 0 Å². The molecule has 10 nitrogen and oxygen atoms in total. The number of imidazole rings is 1. The molecule has 4 rings (SSSR count). The number of aromatic nitrogens is 4. The first-order valence-corrected chi connectivity index (χ1v) is 12.9. The maximum atomic E-state index is 13.9. The molecule has 3 aromatic heterocycles. The monoisotopic (exact) mass is 572 g/mol. The summed E-state index contributed by atoms with van der Waals surface area (Å²) in [6, 6.07) is 7.62. The molecule has 0 unspecified atom stereocenters. The molecule has 0 saturated heterocycles. The van der Waals surface area contributed by atoms with E-state index in [1.807, 2.05) is 26.0 Å². The number of hydrogen-bond acceptors (Lipinski definition) is 8. The van der Waals surface area contributed by atoms with Crippen LogP contribution in [-0.2, 0) is 16.0 Å². The first kappa shape index (κ1) is 29.7. The third kappa shape index (κ3) is 6.40. The fourth-order valence-corrected chi connectivity index (χ4v) is 3.96. The van der Waals surface area contributed by atoms with E-state index in [1.54, 1.807) is 42.6 Å². The lowest BCUT2D eigenvalue weighted by Gasteiger charge is -2.32. The molecule has 1 amide bonds. The van der Waals surface area contributed by atoms with Crippen LogP contribution in [0, 0.1) is 19.8 Å². The Morgan fingerprint density at radius 3 is 2.59 bits per heavy atom. The van der Waals surface area contributed by atoms with Gasteiger partial charge < -0.3 is 20.3 Å². The maximum absolute atomic E-state index is 13.9. The third-order valence-electron chi connectivity index (χ3n) is 6.85. The smallest absolute Gasteiger partial charge is 0.428 e. The largest absolute Gasteiger partial charge is 0.448 e. The highest BCUT2D eigenvalue weighted by molar-refractivity contribution is 6.04. The van der Waals surface area contributed by atoms with E-state index >= 15 is 0 Å². The number of amides is 1. The number of fused-ring (bicyclic) bond motifs is 1. The molecule has 13 heteroatoms. The van der Waals surface area contributed by atoms with Crippen LogP contribution in [0.15, 0.2) is 47.2 Å². The number of halogens is 3. The molecule has 0 fully saturated rings. The number of carbonyl (C=O) groups is 2. The second-order valence-electron chi connectivity index (χ2n) is 10.5. The van der Waals surface area contributed by atoms with Crippen LogP contribution in [0.25, 0.3) is 17.0 Å². The number of pyridine rings is 1. The molecule has 0 saturated carbocycles. The van der Waals surface area contributed by atoms with E-state index in [0.29, 0.717) is 22.6 Å². The van der Waals surface area contributed by atoms with E-state index in [-0.39, 0.29) is 24.0 Å². The van der Waals surface area contributed by atoms with Crippen molar-refractivity contribution in [2.24, 2.45) is 11.7 Å². The fraction of sp³-hybridized carbons (Fsp3) is 0.393. The molecule has 1 aromatic carbocycles. The molecular weight excluding hydrogens is 541 g/mol. The molecule has 3 N–H and O–H groups in total. The zero-order chi connectivity index (χ0) is 30.1. The predicted molar refractivity (Wildman–Crippen MR) is 144 cm³/mol. The standard InChI is InChI=1S/C28H31F3N6O4/c1-15(2)23(32)26(39)40-27(5,28(29,30)31)10-8-22-35-24(36-41-22)18-7-6-17(4)19(13-18)34-25(38)20-14-33-21-12-16(3)9-11-37(20)21/h6-7,9,11-15,23H,8,10,32H2,1-5H3,(H,34,38)/t23-,27+/m0/s1. The molecule has 4 aromatic rings. The van der Waals surface area contributed by atoms with Crippen molar-refractivity contribution >= 4 is 23.2 Å². The Kier molecular flexibility index (Phi) is 8.20. The van der Waals surface area contributed by atoms with E-state index in [0.717, 1.165) is 18.1 Å². The molecule has 0 aliphatic rings. The van der Waals surface area contributed by atoms with Crippen LogP contribution in [0.3, 0.4) is 0 Å². The number of carbonyl (C=O) groups excluding carboxylic acids is 2. The van der Waals surface area contributed by atoms with Gasteiger partial charge >= 0.3 is 12.1 Å². The number of anilines is 1. The minimum atomic E-state index is -4.86. The molecule has 218 valence electrons. The molecule has 2 atom stereocenters. The van der Waals surface area contributed by atoms with Gasteiger partial charge in [-0.15, -0.1) is 0 Å². The van der Waals surface area contributed by atoms with Gasteiger partial charge in [0.2, 0.25) is 17.3 Å². The lowest BCUT2D eigenvalue weighted by Crippen LogP contribution is -2.50. The van der Waals surface area contributed by atoms with Crippen LogP contribution in [0.1, 0.15) is 54.7 Å². The van der Waals surface area contributed by atoms with Crippen LogP contribution in [-0.4, -0.2) is 49.2 Å². The summed E-state index contributed by atoms with van der Waals surface area (Å²) in [7, 11) is 0. The van der Waals surface area contributed by atoms with Gasteiger partial charge in [0, 0.05) is 30.3 Å². The molecule has 0 bridgehead atoms. The molecular formula is C28H31F3N6O4. The van der Waals surface area contributed by atoms with Crippen molar-refractivity contribution in [3.8, 4) is 11.4 Å². The zero-order valence-electron chi connectivity index (χ0n) is 23.2. The number of ether oxygens (including phenoxy) is 1. The van der Waals surface area contributed by atoms with Crippen LogP contribution in [0.5, 0.6) is 0 Å². The molecule has 3 heterocycles. The number of nitrogens with one attached hydrogen (secondary N) is 1.